The van der Waals surface area contributed by atoms with Crippen molar-refractivity contribution in [3.63, 3.8) is 0 Å². The van der Waals surface area contributed by atoms with Gasteiger partial charge in [0.15, 0.2) is 0 Å². The fourth-order valence-electron chi connectivity index (χ4n) is 0.995. The Morgan fingerprint density at radius 3 is 2.64 bits per heavy atom. The first-order valence-corrected chi connectivity index (χ1v) is 3.73. The first-order valence-electron chi connectivity index (χ1n) is 3.73. The van der Waals surface area contributed by atoms with Crippen LogP contribution >= 0.6 is 0 Å². The molecule has 0 aromatic carbocycles. The van der Waals surface area contributed by atoms with E-state index in [1.165, 1.54) is 6.33 Å². The molecule has 11 heavy (non-hydrogen) atoms. The van der Waals surface area contributed by atoms with Gasteiger partial charge in [-0.2, -0.15) is 5.10 Å². The van der Waals surface area contributed by atoms with Crippen molar-refractivity contribution < 1.29 is 0 Å². The van der Waals surface area contributed by atoms with Gasteiger partial charge in [-0.15, -0.1) is 0 Å². The van der Waals surface area contributed by atoms with Crippen LogP contribution in [0.15, 0.2) is 6.33 Å². The largest absolute Gasteiger partial charge is 0.319 e. The Morgan fingerprint density at radius 1 is 1.64 bits per heavy atom. The van der Waals surface area contributed by atoms with Gasteiger partial charge in [0, 0.05) is 6.54 Å². The molecule has 0 aliphatic rings. The summed E-state index contributed by atoms with van der Waals surface area (Å²) in [7, 11) is 0. The normalized spacial score (nSPS) is 12.0. The highest BCUT2D eigenvalue weighted by atomic mass is 15.3. The average Bonchev–Trinajstić information content (AvgIpc) is 2.31. The Kier molecular flexibility index (Phi) is 1.95. The van der Waals surface area contributed by atoms with Crippen LogP contribution in [0.2, 0.25) is 0 Å². The minimum Gasteiger partial charge on any atom is -0.319 e. The maximum absolute atomic E-state index is 5.85. The Morgan fingerprint density at radius 2 is 2.27 bits per heavy atom. The molecule has 1 aromatic rings. The van der Waals surface area contributed by atoms with E-state index in [1.54, 1.807) is 4.68 Å². The van der Waals surface area contributed by atoms with Gasteiger partial charge in [-0.3, -0.25) is 0 Å². The highest BCUT2D eigenvalue weighted by Gasteiger charge is 2.19. The van der Waals surface area contributed by atoms with Crippen LogP contribution in [0.4, 0.5) is 0 Å². The zero-order valence-electron chi connectivity index (χ0n) is 7.20. The molecule has 1 aromatic heterocycles. The van der Waals surface area contributed by atoms with Crippen LogP contribution in [0.3, 0.4) is 0 Å². The van der Waals surface area contributed by atoms with Gasteiger partial charge in [0.1, 0.15) is 12.2 Å². The lowest BCUT2D eigenvalue weighted by atomic mass is 10.1. The van der Waals surface area contributed by atoms with Crippen molar-refractivity contribution in [1.82, 2.24) is 14.8 Å². The first kappa shape index (κ1) is 8.20. The van der Waals surface area contributed by atoms with Crippen LogP contribution in [-0.2, 0) is 12.1 Å². The van der Waals surface area contributed by atoms with Crippen molar-refractivity contribution in [1.29, 1.82) is 0 Å². The topological polar surface area (TPSA) is 56.7 Å². The SMILES string of the molecule is CCn1ncnc1C(C)(C)N. The lowest BCUT2D eigenvalue weighted by Gasteiger charge is -2.17. The van der Waals surface area contributed by atoms with Gasteiger partial charge in [-0.1, -0.05) is 0 Å². The third-order valence-electron chi connectivity index (χ3n) is 1.49. The number of nitrogens with zero attached hydrogens (tertiary/aromatic N) is 3. The molecule has 0 bridgehead atoms. The summed E-state index contributed by atoms with van der Waals surface area (Å²) < 4.78 is 1.81. The molecule has 0 unspecified atom stereocenters. The van der Waals surface area contributed by atoms with Crippen molar-refractivity contribution in [2.24, 2.45) is 5.73 Å². The molecule has 0 saturated carbocycles. The number of hydrogen-bond donors (Lipinski definition) is 1. The maximum Gasteiger partial charge on any atom is 0.146 e. The molecule has 0 fully saturated rings. The van der Waals surface area contributed by atoms with Crippen LogP contribution in [0.1, 0.15) is 26.6 Å². The van der Waals surface area contributed by atoms with Gasteiger partial charge in [0.05, 0.1) is 5.54 Å². The summed E-state index contributed by atoms with van der Waals surface area (Å²) in [5.74, 6) is 0.833. The number of rotatable bonds is 2. The molecule has 1 heterocycles. The fourth-order valence-corrected chi connectivity index (χ4v) is 0.995. The van der Waals surface area contributed by atoms with Crippen LogP contribution in [0.5, 0.6) is 0 Å². The highest BCUT2D eigenvalue weighted by Crippen LogP contribution is 2.12. The van der Waals surface area contributed by atoms with Gasteiger partial charge in [0.25, 0.3) is 0 Å². The Hall–Kier alpha value is -0.900. The van der Waals surface area contributed by atoms with Crippen molar-refractivity contribution >= 4 is 0 Å². The van der Waals surface area contributed by atoms with E-state index in [2.05, 4.69) is 10.1 Å². The van der Waals surface area contributed by atoms with E-state index in [9.17, 15) is 0 Å². The molecular formula is C7H14N4. The lowest BCUT2D eigenvalue weighted by Crippen LogP contribution is -2.32. The molecule has 4 nitrogen and oxygen atoms in total. The molecule has 0 aliphatic carbocycles. The second-order valence-electron chi connectivity index (χ2n) is 3.12. The number of hydrogen-bond acceptors (Lipinski definition) is 3. The average molecular weight is 154 g/mol. The summed E-state index contributed by atoms with van der Waals surface area (Å²) in [6, 6.07) is 0. The number of nitrogens with two attached hydrogens (primary N) is 1. The monoisotopic (exact) mass is 154 g/mol. The summed E-state index contributed by atoms with van der Waals surface area (Å²) in [5, 5.41) is 4.03. The molecule has 1 rings (SSSR count). The number of aromatic nitrogens is 3. The molecule has 62 valence electrons. The smallest absolute Gasteiger partial charge is 0.146 e. The molecule has 0 aliphatic heterocycles. The van der Waals surface area contributed by atoms with Gasteiger partial charge in [-0.25, -0.2) is 9.67 Å². The molecule has 0 atom stereocenters. The van der Waals surface area contributed by atoms with Crippen LogP contribution in [-0.4, -0.2) is 14.8 Å². The maximum atomic E-state index is 5.85. The van der Waals surface area contributed by atoms with Gasteiger partial charge in [-0.05, 0) is 20.8 Å². The van der Waals surface area contributed by atoms with E-state index in [-0.39, 0.29) is 0 Å². The molecule has 0 spiro atoms. The van der Waals surface area contributed by atoms with E-state index in [1.807, 2.05) is 20.8 Å². The predicted octanol–water partition coefficient (Wildman–Crippen LogP) is 0.492. The molecule has 0 amide bonds. The second kappa shape index (κ2) is 2.62. The number of aryl methyl sites for hydroxylation is 1. The molecule has 4 heteroatoms. The van der Waals surface area contributed by atoms with E-state index in [4.69, 9.17) is 5.73 Å². The fraction of sp³-hybridized carbons (Fsp3) is 0.714. The van der Waals surface area contributed by atoms with Crippen LogP contribution in [0, 0.1) is 0 Å². The Bertz CT molecular complexity index is 233. The van der Waals surface area contributed by atoms with E-state index < -0.39 is 5.54 Å². The summed E-state index contributed by atoms with van der Waals surface area (Å²) in [4.78, 5) is 4.09. The Labute approximate surface area is 66.4 Å². The molecular weight excluding hydrogens is 140 g/mol. The molecule has 0 radical (unpaired) electrons. The van der Waals surface area contributed by atoms with E-state index in [0.717, 1.165) is 12.4 Å². The van der Waals surface area contributed by atoms with Crippen LogP contribution < -0.4 is 5.73 Å². The summed E-state index contributed by atoms with van der Waals surface area (Å²) >= 11 is 0. The third kappa shape index (κ3) is 1.57. The predicted molar refractivity (Wildman–Crippen MR) is 42.9 cm³/mol. The Balaban J connectivity index is 3.02. The van der Waals surface area contributed by atoms with E-state index in [0.29, 0.717) is 0 Å². The minimum atomic E-state index is -0.396. The third-order valence-corrected chi connectivity index (χ3v) is 1.49. The zero-order chi connectivity index (χ0) is 8.48. The van der Waals surface area contributed by atoms with Gasteiger partial charge in [0.2, 0.25) is 0 Å². The summed E-state index contributed by atoms with van der Waals surface area (Å²) in [6.45, 7) is 6.67. The van der Waals surface area contributed by atoms with Gasteiger partial charge >= 0.3 is 0 Å². The first-order chi connectivity index (χ1) is 5.05. The quantitative estimate of drug-likeness (QED) is 0.674. The molecule has 2 N–H and O–H groups in total. The van der Waals surface area contributed by atoms with Crippen molar-refractivity contribution in [2.45, 2.75) is 32.9 Å². The molecule has 0 saturated heterocycles. The second-order valence-corrected chi connectivity index (χ2v) is 3.12. The van der Waals surface area contributed by atoms with Crippen molar-refractivity contribution in [2.75, 3.05) is 0 Å². The lowest BCUT2D eigenvalue weighted by molar-refractivity contribution is 0.462. The van der Waals surface area contributed by atoms with Gasteiger partial charge < -0.3 is 5.73 Å². The minimum absolute atomic E-state index is 0.396. The van der Waals surface area contributed by atoms with Crippen molar-refractivity contribution in [3.05, 3.63) is 12.2 Å². The van der Waals surface area contributed by atoms with Crippen LogP contribution in [0.25, 0.3) is 0 Å². The highest BCUT2D eigenvalue weighted by molar-refractivity contribution is 4.99. The standard InChI is InChI=1S/C7H14N4/c1-4-11-6(7(2,3)8)9-5-10-11/h5H,4,8H2,1-3H3. The zero-order valence-corrected chi connectivity index (χ0v) is 7.20. The summed E-state index contributed by atoms with van der Waals surface area (Å²) in [5.41, 5.74) is 5.46. The van der Waals surface area contributed by atoms with Crippen molar-refractivity contribution in [3.8, 4) is 0 Å². The summed E-state index contributed by atoms with van der Waals surface area (Å²) in [6.07, 6.45) is 1.54. The van der Waals surface area contributed by atoms with E-state index >= 15 is 0 Å².